The van der Waals surface area contributed by atoms with Crippen LogP contribution in [0.4, 0.5) is 4.39 Å². The van der Waals surface area contributed by atoms with Crippen molar-refractivity contribution in [3.63, 3.8) is 0 Å². The van der Waals surface area contributed by atoms with Crippen LogP contribution < -0.4 is 5.32 Å². The molecule has 2 rings (SSSR count). The first-order valence-corrected chi connectivity index (χ1v) is 8.56. The third-order valence-corrected chi connectivity index (χ3v) is 4.08. The van der Waals surface area contributed by atoms with E-state index in [1.807, 2.05) is 29.6 Å². The maximum absolute atomic E-state index is 13.3. The molecule has 25 heavy (non-hydrogen) atoms. The molecule has 6 heteroatoms. The Morgan fingerprint density at radius 2 is 2.12 bits per heavy atom. The Morgan fingerprint density at radius 3 is 2.72 bits per heavy atom. The number of guanidine groups is 1. The molecule has 0 radical (unpaired) electrons. The molecule has 0 amide bonds. The summed E-state index contributed by atoms with van der Waals surface area (Å²) in [5.41, 5.74) is 3.14. The second kappa shape index (κ2) is 8.65. The summed E-state index contributed by atoms with van der Waals surface area (Å²) in [5, 5.41) is 7.90. The Hall–Kier alpha value is -2.37. The smallest absolute Gasteiger partial charge is 0.193 e. The standard InChI is InChI=1S/C19H28FN5/c1-14(12-25-16(3)9-15(2)23-25)11-22-19(21-4)24(5)13-17-7-6-8-18(20)10-17/h6-10,14H,11-13H2,1-5H3,(H,21,22). The van der Waals surface area contributed by atoms with Crippen molar-refractivity contribution in [1.29, 1.82) is 0 Å². The number of nitrogens with one attached hydrogen (secondary N) is 1. The van der Waals surface area contributed by atoms with E-state index in [1.165, 1.54) is 11.8 Å². The minimum atomic E-state index is -0.215. The van der Waals surface area contributed by atoms with Gasteiger partial charge in [-0.25, -0.2) is 4.39 Å². The molecule has 5 nitrogen and oxygen atoms in total. The lowest BCUT2D eigenvalue weighted by Crippen LogP contribution is -2.41. The third kappa shape index (κ3) is 5.59. The first kappa shape index (κ1) is 19.0. The van der Waals surface area contributed by atoms with Crippen LogP contribution >= 0.6 is 0 Å². The second-order valence-corrected chi connectivity index (χ2v) is 6.63. The fourth-order valence-electron chi connectivity index (χ4n) is 2.85. The molecule has 0 fully saturated rings. The molecule has 1 heterocycles. The molecule has 2 aromatic rings. The monoisotopic (exact) mass is 345 g/mol. The van der Waals surface area contributed by atoms with Gasteiger partial charge in [0.2, 0.25) is 0 Å². The van der Waals surface area contributed by atoms with E-state index in [-0.39, 0.29) is 5.82 Å². The van der Waals surface area contributed by atoms with Crippen LogP contribution in [-0.2, 0) is 13.1 Å². The molecule has 1 aromatic heterocycles. The zero-order valence-electron chi connectivity index (χ0n) is 15.8. The molecule has 1 aromatic carbocycles. The van der Waals surface area contributed by atoms with Gasteiger partial charge in [-0.1, -0.05) is 19.1 Å². The van der Waals surface area contributed by atoms with E-state index in [0.29, 0.717) is 12.5 Å². The summed E-state index contributed by atoms with van der Waals surface area (Å²) in [6, 6.07) is 8.74. The zero-order chi connectivity index (χ0) is 18.4. The van der Waals surface area contributed by atoms with Gasteiger partial charge in [0.05, 0.1) is 5.69 Å². The largest absolute Gasteiger partial charge is 0.356 e. The molecule has 0 saturated heterocycles. The van der Waals surface area contributed by atoms with Gasteiger partial charge >= 0.3 is 0 Å². The van der Waals surface area contributed by atoms with Crippen LogP contribution in [0.25, 0.3) is 0 Å². The number of aryl methyl sites for hydroxylation is 2. The van der Waals surface area contributed by atoms with Crippen molar-refractivity contribution in [3.8, 4) is 0 Å². The molecule has 0 bridgehead atoms. The predicted octanol–water partition coefficient (Wildman–Crippen LogP) is 2.98. The van der Waals surface area contributed by atoms with Crippen molar-refractivity contribution >= 4 is 5.96 Å². The number of nitrogens with zero attached hydrogens (tertiary/aromatic N) is 4. The number of hydrogen-bond donors (Lipinski definition) is 1. The summed E-state index contributed by atoms with van der Waals surface area (Å²) in [5.74, 6) is 0.981. The van der Waals surface area contributed by atoms with Crippen molar-refractivity contribution in [2.75, 3.05) is 20.6 Å². The van der Waals surface area contributed by atoms with Crippen molar-refractivity contribution in [1.82, 2.24) is 20.0 Å². The van der Waals surface area contributed by atoms with Gasteiger partial charge in [0.1, 0.15) is 5.82 Å². The van der Waals surface area contributed by atoms with E-state index < -0.39 is 0 Å². The average molecular weight is 345 g/mol. The number of hydrogen-bond acceptors (Lipinski definition) is 2. The summed E-state index contributed by atoms with van der Waals surface area (Å²) in [6.45, 7) is 8.52. The number of aliphatic imine (C=N–C) groups is 1. The van der Waals surface area contributed by atoms with E-state index in [2.05, 4.69) is 35.3 Å². The summed E-state index contributed by atoms with van der Waals surface area (Å²) in [7, 11) is 3.71. The minimum absolute atomic E-state index is 0.215. The van der Waals surface area contributed by atoms with Crippen LogP contribution in [0, 0.1) is 25.6 Å². The fourth-order valence-corrected chi connectivity index (χ4v) is 2.85. The van der Waals surface area contributed by atoms with Gasteiger partial charge < -0.3 is 10.2 Å². The summed E-state index contributed by atoms with van der Waals surface area (Å²) in [6.07, 6.45) is 0. The van der Waals surface area contributed by atoms with Crippen LogP contribution in [0.15, 0.2) is 35.3 Å². The first-order chi connectivity index (χ1) is 11.9. The summed E-state index contributed by atoms with van der Waals surface area (Å²) in [4.78, 5) is 6.31. The van der Waals surface area contributed by atoms with Gasteiger partial charge in [-0.05, 0) is 43.5 Å². The molecule has 136 valence electrons. The highest BCUT2D eigenvalue weighted by atomic mass is 19.1. The highest BCUT2D eigenvalue weighted by Crippen LogP contribution is 2.08. The van der Waals surface area contributed by atoms with Crippen LogP contribution in [0.5, 0.6) is 0 Å². The lowest BCUT2D eigenvalue weighted by Gasteiger charge is -2.24. The fraction of sp³-hybridized carbons (Fsp3) is 0.474. The van der Waals surface area contributed by atoms with Crippen molar-refractivity contribution in [2.24, 2.45) is 10.9 Å². The highest BCUT2D eigenvalue weighted by molar-refractivity contribution is 5.79. The molecule has 0 spiro atoms. The van der Waals surface area contributed by atoms with Gasteiger partial charge in [0.25, 0.3) is 0 Å². The lowest BCUT2D eigenvalue weighted by atomic mass is 10.2. The normalized spacial score (nSPS) is 13.0. The predicted molar refractivity (Wildman–Crippen MR) is 100 cm³/mol. The number of halogens is 1. The van der Waals surface area contributed by atoms with E-state index in [4.69, 9.17) is 0 Å². The number of benzene rings is 1. The lowest BCUT2D eigenvalue weighted by molar-refractivity contribution is 0.418. The van der Waals surface area contributed by atoms with Crippen molar-refractivity contribution in [3.05, 3.63) is 53.1 Å². The Bertz CT molecular complexity index is 722. The quantitative estimate of drug-likeness (QED) is 0.647. The molecular formula is C19H28FN5. The van der Waals surface area contributed by atoms with E-state index >= 15 is 0 Å². The molecule has 0 saturated carbocycles. The Labute approximate surface area is 149 Å². The van der Waals surface area contributed by atoms with Crippen LogP contribution in [0.2, 0.25) is 0 Å². The van der Waals surface area contributed by atoms with Crippen LogP contribution in [-0.4, -0.2) is 41.3 Å². The number of rotatable bonds is 6. The highest BCUT2D eigenvalue weighted by Gasteiger charge is 2.11. The summed E-state index contributed by atoms with van der Waals surface area (Å²) < 4.78 is 15.4. The molecule has 0 aliphatic heterocycles. The van der Waals surface area contributed by atoms with Crippen molar-refractivity contribution in [2.45, 2.75) is 33.9 Å². The molecular weight excluding hydrogens is 317 g/mol. The topological polar surface area (TPSA) is 45.5 Å². The van der Waals surface area contributed by atoms with Gasteiger partial charge in [0.15, 0.2) is 5.96 Å². The average Bonchev–Trinajstić information content (AvgIpc) is 2.85. The maximum Gasteiger partial charge on any atom is 0.193 e. The van der Waals surface area contributed by atoms with Gasteiger partial charge in [-0.3, -0.25) is 9.67 Å². The van der Waals surface area contributed by atoms with E-state index in [9.17, 15) is 4.39 Å². The van der Waals surface area contributed by atoms with Crippen LogP contribution in [0.3, 0.4) is 0 Å². The maximum atomic E-state index is 13.3. The third-order valence-electron chi connectivity index (χ3n) is 4.08. The molecule has 1 unspecified atom stereocenters. The van der Waals surface area contributed by atoms with Gasteiger partial charge in [-0.15, -0.1) is 0 Å². The van der Waals surface area contributed by atoms with Gasteiger partial charge in [0, 0.05) is 39.4 Å². The summed E-state index contributed by atoms with van der Waals surface area (Å²) >= 11 is 0. The second-order valence-electron chi connectivity index (χ2n) is 6.63. The molecule has 0 aliphatic rings. The molecule has 0 aliphatic carbocycles. The van der Waals surface area contributed by atoms with Crippen molar-refractivity contribution < 1.29 is 4.39 Å². The first-order valence-electron chi connectivity index (χ1n) is 8.56. The Balaban J connectivity index is 1.87. The number of aromatic nitrogens is 2. The minimum Gasteiger partial charge on any atom is -0.356 e. The zero-order valence-corrected chi connectivity index (χ0v) is 15.8. The van der Waals surface area contributed by atoms with Gasteiger partial charge in [-0.2, -0.15) is 5.10 Å². The molecule has 1 N–H and O–H groups in total. The van der Waals surface area contributed by atoms with E-state index in [0.717, 1.165) is 30.3 Å². The molecule has 1 atom stereocenters. The Morgan fingerprint density at radius 1 is 1.36 bits per heavy atom. The van der Waals surface area contributed by atoms with Crippen LogP contribution in [0.1, 0.15) is 23.9 Å². The van der Waals surface area contributed by atoms with E-state index in [1.54, 1.807) is 19.2 Å². The Kier molecular flexibility index (Phi) is 6.56. The SMILES string of the molecule is CN=C(NCC(C)Cn1nc(C)cc1C)N(C)Cc1cccc(F)c1.